The molecule has 0 saturated heterocycles. The molecule has 20 heavy (non-hydrogen) atoms. The molecule has 0 saturated carbocycles. The summed E-state index contributed by atoms with van der Waals surface area (Å²) in [6.07, 6.45) is 0. The largest absolute Gasteiger partial charge is 0.478 e. The van der Waals surface area contributed by atoms with Crippen LogP contribution in [0.4, 0.5) is 0 Å². The average molecular weight is 289 g/mol. The van der Waals surface area contributed by atoms with Gasteiger partial charge in [0, 0.05) is 5.38 Å². The summed E-state index contributed by atoms with van der Waals surface area (Å²) in [5, 5.41) is 11.8. The summed E-state index contributed by atoms with van der Waals surface area (Å²) in [5.74, 6) is -1.02. The van der Waals surface area contributed by atoms with Crippen LogP contribution in [-0.2, 0) is 6.54 Å². The van der Waals surface area contributed by atoms with Crippen LogP contribution in [0.5, 0.6) is 0 Å². The number of rotatable bonds is 3. The Balaban J connectivity index is 2.13. The molecule has 3 rings (SSSR count). The van der Waals surface area contributed by atoms with E-state index in [4.69, 9.17) is 5.11 Å². The fourth-order valence-electron chi connectivity index (χ4n) is 2.09. The topological polar surface area (TPSA) is 88.0 Å². The van der Waals surface area contributed by atoms with Crippen molar-refractivity contribution in [3.05, 3.63) is 50.3 Å². The molecule has 0 atom stereocenters. The molecule has 0 radical (unpaired) electrons. The van der Waals surface area contributed by atoms with Crippen LogP contribution >= 0.6 is 11.3 Å². The minimum absolute atomic E-state index is 0.153. The van der Waals surface area contributed by atoms with Crippen molar-refractivity contribution in [1.82, 2.24) is 14.5 Å². The summed E-state index contributed by atoms with van der Waals surface area (Å²) >= 11 is 1.51. The number of H-pyrrole nitrogens is 1. The highest BCUT2D eigenvalue weighted by Crippen LogP contribution is 2.15. The minimum Gasteiger partial charge on any atom is -0.478 e. The number of nitrogens with zero attached hydrogens (tertiary/aromatic N) is 2. The number of aryl methyl sites for hydroxylation is 1. The monoisotopic (exact) mass is 289 g/mol. The van der Waals surface area contributed by atoms with Crippen molar-refractivity contribution < 1.29 is 9.90 Å². The Morgan fingerprint density at radius 1 is 1.50 bits per heavy atom. The van der Waals surface area contributed by atoms with Gasteiger partial charge in [0.25, 0.3) is 0 Å². The van der Waals surface area contributed by atoms with Crippen molar-refractivity contribution in [3.8, 4) is 0 Å². The molecule has 0 fully saturated rings. The van der Waals surface area contributed by atoms with Crippen LogP contribution < -0.4 is 5.69 Å². The summed E-state index contributed by atoms with van der Waals surface area (Å²) in [7, 11) is 0. The molecular formula is C13H11N3O3S. The van der Waals surface area contributed by atoms with E-state index in [0.717, 1.165) is 10.7 Å². The summed E-state index contributed by atoms with van der Waals surface area (Å²) < 4.78 is 1.50. The number of aromatic nitrogens is 3. The number of carboxylic acid groups (broad SMARTS) is 1. The van der Waals surface area contributed by atoms with E-state index in [1.165, 1.54) is 28.0 Å². The van der Waals surface area contributed by atoms with Crippen molar-refractivity contribution in [1.29, 1.82) is 0 Å². The van der Waals surface area contributed by atoms with E-state index in [9.17, 15) is 9.59 Å². The average Bonchev–Trinajstić information content (AvgIpc) is 2.94. The number of thiazole rings is 1. The molecule has 0 unspecified atom stereocenters. The Labute approximate surface area is 117 Å². The predicted octanol–water partition coefficient (Wildman–Crippen LogP) is 1.84. The van der Waals surface area contributed by atoms with E-state index in [-0.39, 0.29) is 11.3 Å². The van der Waals surface area contributed by atoms with E-state index in [1.807, 2.05) is 12.3 Å². The number of aromatic amines is 1. The van der Waals surface area contributed by atoms with E-state index < -0.39 is 5.97 Å². The first-order valence-electron chi connectivity index (χ1n) is 5.91. The molecule has 0 aliphatic carbocycles. The van der Waals surface area contributed by atoms with Crippen LogP contribution in [0.25, 0.3) is 11.0 Å². The maximum atomic E-state index is 12.0. The van der Waals surface area contributed by atoms with Gasteiger partial charge in [-0.05, 0) is 25.1 Å². The molecule has 2 heterocycles. The van der Waals surface area contributed by atoms with E-state index in [1.54, 1.807) is 6.07 Å². The van der Waals surface area contributed by atoms with Crippen LogP contribution in [0.15, 0.2) is 28.4 Å². The van der Waals surface area contributed by atoms with Crippen molar-refractivity contribution in [2.24, 2.45) is 0 Å². The normalized spacial score (nSPS) is 11.1. The maximum absolute atomic E-state index is 12.0. The number of carbonyl (C=O) groups is 1. The summed E-state index contributed by atoms with van der Waals surface area (Å²) in [5.41, 5.74) is 1.86. The van der Waals surface area contributed by atoms with E-state index in [2.05, 4.69) is 9.97 Å². The number of imidazole rings is 1. The van der Waals surface area contributed by atoms with Gasteiger partial charge in [0.15, 0.2) is 0 Å². The standard InChI is InChI=1S/C13H11N3O3S/c1-7-14-9(6-20-7)5-16-11-4-8(12(17)18)2-3-10(11)15-13(16)19/h2-4,6H,5H2,1H3,(H,15,19)(H,17,18). The second-order valence-corrected chi connectivity index (χ2v) is 5.47. The van der Waals surface area contributed by atoms with Crippen LogP contribution in [0.1, 0.15) is 21.1 Å². The third-order valence-electron chi connectivity index (χ3n) is 3.01. The molecule has 3 aromatic rings. The van der Waals surface area contributed by atoms with Crippen molar-refractivity contribution in [2.45, 2.75) is 13.5 Å². The first-order valence-corrected chi connectivity index (χ1v) is 6.79. The molecule has 6 nitrogen and oxygen atoms in total. The van der Waals surface area contributed by atoms with Crippen LogP contribution in [0.2, 0.25) is 0 Å². The Kier molecular flexibility index (Phi) is 2.90. The quantitative estimate of drug-likeness (QED) is 0.770. The fourth-order valence-corrected chi connectivity index (χ4v) is 2.69. The lowest BCUT2D eigenvalue weighted by molar-refractivity contribution is 0.0697. The Hall–Kier alpha value is -2.41. The molecule has 0 spiro atoms. The van der Waals surface area contributed by atoms with Crippen molar-refractivity contribution in [2.75, 3.05) is 0 Å². The molecule has 2 N–H and O–H groups in total. The first kappa shape index (κ1) is 12.6. The molecule has 102 valence electrons. The Morgan fingerprint density at radius 2 is 2.30 bits per heavy atom. The Bertz CT molecular complexity index is 859. The molecule has 0 aliphatic rings. The number of nitrogens with one attached hydrogen (secondary N) is 1. The zero-order valence-corrected chi connectivity index (χ0v) is 11.4. The van der Waals surface area contributed by atoms with Gasteiger partial charge in [0.1, 0.15) is 0 Å². The van der Waals surface area contributed by atoms with E-state index in [0.29, 0.717) is 17.6 Å². The van der Waals surface area contributed by atoms with Crippen molar-refractivity contribution >= 4 is 28.3 Å². The van der Waals surface area contributed by atoms with Crippen LogP contribution in [-0.4, -0.2) is 25.6 Å². The second-order valence-electron chi connectivity index (χ2n) is 4.41. The third kappa shape index (κ3) is 2.12. The van der Waals surface area contributed by atoms with Crippen molar-refractivity contribution in [3.63, 3.8) is 0 Å². The molecule has 0 bridgehead atoms. The van der Waals surface area contributed by atoms with Gasteiger partial charge >= 0.3 is 11.7 Å². The van der Waals surface area contributed by atoms with Gasteiger partial charge in [-0.25, -0.2) is 14.6 Å². The molecule has 7 heteroatoms. The highest BCUT2D eigenvalue weighted by Gasteiger charge is 2.11. The third-order valence-corrected chi connectivity index (χ3v) is 3.83. The first-order chi connectivity index (χ1) is 9.54. The lowest BCUT2D eigenvalue weighted by atomic mass is 10.2. The fraction of sp³-hybridized carbons (Fsp3) is 0.154. The molecule has 2 aromatic heterocycles. The molecule has 0 amide bonds. The predicted molar refractivity (Wildman–Crippen MR) is 75.5 cm³/mol. The number of benzene rings is 1. The molecule has 1 aromatic carbocycles. The summed E-state index contributed by atoms with van der Waals surface area (Å²) in [6, 6.07) is 4.57. The SMILES string of the molecule is Cc1nc(Cn2c(=O)[nH]c3ccc(C(=O)O)cc32)cs1. The smallest absolute Gasteiger partial charge is 0.335 e. The minimum atomic E-state index is -1.02. The number of aromatic carboxylic acids is 1. The van der Waals surface area contributed by atoms with Gasteiger partial charge in [-0.15, -0.1) is 11.3 Å². The summed E-state index contributed by atoms with van der Waals surface area (Å²) in [6.45, 7) is 2.22. The maximum Gasteiger partial charge on any atom is 0.335 e. The van der Waals surface area contributed by atoms with E-state index >= 15 is 0 Å². The zero-order chi connectivity index (χ0) is 14.3. The zero-order valence-electron chi connectivity index (χ0n) is 10.6. The number of carboxylic acids is 1. The Morgan fingerprint density at radius 3 is 2.95 bits per heavy atom. The highest BCUT2D eigenvalue weighted by atomic mass is 32.1. The lowest BCUT2D eigenvalue weighted by Gasteiger charge is -2.01. The lowest BCUT2D eigenvalue weighted by Crippen LogP contribution is -2.17. The summed E-state index contributed by atoms with van der Waals surface area (Å²) in [4.78, 5) is 30.0. The van der Waals surface area contributed by atoms with Gasteiger partial charge in [-0.2, -0.15) is 0 Å². The number of hydrogen-bond donors (Lipinski definition) is 2. The number of hydrogen-bond acceptors (Lipinski definition) is 4. The van der Waals surface area contributed by atoms with Gasteiger partial charge < -0.3 is 10.1 Å². The highest BCUT2D eigenvalue weighted by molar-refractivity contribution is 7.09. The van der Waals surface area contributed by atoms with Crippen LogP contribution in [0, 0.1) is 6.92 Å². The van der Waals surface area contributed by atoms with Gasteiger partial charge in [-0.3, -0.25) is 4.57 Å². The number of fused-ring (bicyclic) bond motifs is 1. The van der Waals surface area contributed by atoms with Gasteiger partial charge in [-0.1, -0.05) is 0 Å². The molecule has 0 aliphatic heterocycles. The van der Waals surface area contributed by atoms with Crippen LogP contribution in [0.3, 0.4) is 0 Å². The van der Waals surface area contributed by atoms with Gasteiger partial charge in [0.05, 0.1) is 33.8 Å². The molecular weight excluding hydrogens is 278 g/mol. The van der Waals surface area contributed by atoms with Gasteiger partial charge in [0.2, 0.25) is 0 Å². The second kappa shape index (κ2) is 4.61.